The quantitative estimate of drug-likeness (QED) is 0.740. The number of aromatic nitrogens is 2. The van der Waals surface area contributed by atoms with Crippen molar-refractivity contribution >= 4 is 0 Å². The normalized spacial score (nSPS) is 11.8. The molecule has 0 unspecified atom stereocenters. The van der Waals surface area contributed by atoms with Crippen LogP contribution in [0.2, 0.25) is 0 Å². The molecule has 1 aromatic rings. The maximum Gasteiger partial charge on any atom is 0.451 e. The lowest BCUT2D eigenvalue weighted by molar-refractivity contribution is -0.145. The van der Waals surface area contributed by atoms with E-state index in [1.165, 1.54) is 6.92 Å². The van der Waals surface area contributed by atoms with Gasteiger partial charge in [-0.3, -0.25) is 0 Å². The van der Waals surface area contributed by atoms with Gasteiger partial charge in [-0.1, -0.05) is 13.3 Å². The first-order chi connectivity index (χ1) is 6.43. The lowest BCUT2D eigenvalue weighted by atomic mass is 10.2. The minimum Gasteiger partial charge on any atom is -0.230 e. The summed E-state index contributed by atoms with van der Waals surface area (Å²) in [5.74, 6) is -1.04. The maximum atomic E-state index is 12.3. The molecule has 0 amide bonds. The third-order valence-electron chi connectivity index (χ3n) is 1.67. The Balaban J connectivity index is 3.07. The van der Waals surface area contributed by atoms with Gasteiger partial charge in [-0.15, -0.1) is 0 Å². The number of hydrogen-bond acceptors (Lipinski definition) is 2. The van der Waals surface area contributed by atoms with Gasteiger partial charge in [-0.25, -0.2) is 9.97 Å². The highest BCUT2D eigenvalue weighted by molar-refractivity contribution is 5.11. The Bertz CT molecular complexity index is 320. The second-order valence-corrected chi connectivity index (χ2v) is 3.07. The number of rotatable bonds is 2. The Morgan fingerprint density at radius 3 is 2.43 bits per heavy atom. The highest BCUT2D eigenvalue weighted by atomic mass is 19.4. The zero-order valence-electron chi connectivity index (χ0n) is 8.02. The standard InChI is InChI=1S/C9H11F3N2/c1-3-4-7-5-6(2)13-8(14-7)9(10,11)12/h5H,3-4H2,1-2H3. The molecule has 0 aliphatic rings. The van der Waals surface area contributed by atoms with Crippen molar-refractivity contribution in [1.29, 1.82) is 0 Å². The monoisotopic (exact) mass is 204 g/mol. The van der Waals surface area contributed by atoms with Crippen LogP contribution in [0.3, 0.4) is 0 Å². The van der Waals surface area contributed by atoms with E-state index in [0.29, 0.717) is 17.8 Å². The second kappa shape index (κ2) is 3.94. The van der Waals surface area contributed by atoms with Crippen LogP contribution in [0.4, 0.5) is 13.2 Å². The molecule has 5 heteroatoms. The van der Waals surface area contributed by atoms with Crippen molar-refractivity contribution in [1.82, 2.24) is 9.97 Å². The van der Waals surface area contributed by atoms with E-state index in [2.05, 4.69) is 9.97 Å². The van der Waals surface area contributed by atoms with Crippen LogP contribution < -0.4 is 0 Å². The van der Waals surface area contributed by atoms with Crippen molar-refractivity contribution in [2.24, 2.45) is 0 Å². The molecule has 0 radical (unpaired) electrons. The van der Waals surface area contributed by atoms with Gasteiger partial charge in [-0.05, 0) is 19.4 Å². The van der Waals surface area contributed by atoms with Crippen LogP contribution in [-0.4, -0.2) is 9.97 Å². The maximum absolute atomic E-state index is 12.3. The number of halogens is 3. The lowest BCUT2D eigenvalue weighted by Gasteiger charge is -2.07. The van der Waals surface area contributed by atoms with Crippen LogP contribution in [0, 0.1) is 6.92 Å². The van der Waals surface area contributed by atoms with Crippen LogP contribution in [0.25, 0.3) is 0 Å². The summed E-state index contributed by atoms with van der Waals surface area (Å²) in [5, 5.41) is 0. The number of aryl methyl sites for hydroxylation is 2. The topological polar surface area (TPSA) is 25.8 Å². The van der Waals surface area contributed by atoms with E-state index in [-0.39, 0.29) is 0 Å². The minimum atomic E-state index is -4.45. The average Bonchev–Trinajstić information content (AvgIpc) is 2.02. The summed E-state index contributed by atoms with van der Waals surface area (Å²) >= 11 is 0. The first-order valence-electron chi connectivity index (χ1n) is 4.35. The van der Waals surface area contributed by atoms with Gasteiger partial charge >= 0.3 is 6.18 Å². The molecule has 1 rings (SSSR count). The molecule has 1 heterocycles. The summed E-state index contributed by atoms with van der Waals surface area (Å²) in [6, 6.07) is 1.58. The van der Waals surface area contributed by atoms with E-state index >= 15 is 0 Å². The minimum absolute atomic E-state index is 0.357. The van der Waals surface area contributed by atoms with Gasteiger partial charge in [-0.2, -0.15) is 13.2 Å². The SMILES string of the molecule is CCCc1cc(C)nc(C(F)(F)F)n1. The summed E-state index contributed by atoms with van der Waals surface area (Å²) in [6.07, 6.45) is -3.13. The molecule has 0 spiro atoms. The van der Waals surface area contributed by atoms with Crippen molar-refractivity contribution in [3.05, 3.63) is 23.3 Å². The second-order valence-electron chi connectivity index (χ2n) is 3.07. The van der Waals surface area contributed by atoms with Gasteiger partial charge in [0.1, 0.15) is 0 Å². The summed E-state index contributed by atoms with van der Waals surface area (Å²) in [6.45, 7) is 3.43. The van der Waals surface area contributed by atoms with Gasteiger partial charge in [0.25, 0.3) is 0 Å². The van der Waals surface area contributed by atoms with E-state index in [9.17, 15) is 13.2 Å². The fourth-order valence-electron chi connectivity index (χ4n) is 1.14. The molecule has 0 saturated carbocycles. The van der Waals surface area contributed by atoms with Gasteiger partial charge in [0.15, 0.2) is 0 Å². The summed E-state index contributed by atoms with van der Waals surface area (Å²) in [5.41, 5.74) is 0.808. The first-order valence-corrected chi connectivity index (χ1v) is 4.35. The van der Waals surface area contributed by atoms with Crippen molar-refractivity contribution in [2.75, 3.05) is 0 Å². The lowest BCUT2D eigenvalue weighted by Crippen LogP contribution is -2.13. The van der Waals surface area contributed by atoms with Crippen LogP contribution in [0.1, 0.15) is 30.6 Å². The van der Waals surface area contributed by atoms with Crippen LogP contribution in [-0.2, 0) is 12.6 Å². The largest absolute Gasteiger partial charge is 0.451 e. The third kappa shape index (κ3) is 2.68. The molecular weight excluding hydrogens is 193 g/mol. The van der Waals surface area contributed by atoms with Crippen LogP contribution in [0.5, 0.6) is 0 Å². The smallest absolute Gasteiger partial charge is 0.230 e. The zero-order valence-corrected chi connectivity index (χ0v) is 8.02. The predicted octanol–water partition coefficient (Wildman–Crippen LogP) is 2.76. The number of alkyl halides is 3. The van der Waals surface area contributed by atoms with E-state index < -0.39 is 12.0 Å². The zero-order chi connectivity index (χ0) is 10.8. The van der Waals surface area contributed by atoms with Gasteiger partial charge in [0, 0.05) is 11.4 Å². The van der Waals surface area contributed by atoms with Crippen molar-refractivity contribution in [2.45, 2.75) is 32.9 Å². The predicted molar refractivity (Wildman–Crippen MR) is 45.8 cm³/mol. The van der Waals surface area contributed by atoms with Gasteiger partial charge < -0.3 is 0 Å². The molecule has 78 valence electrons. The Labute approximate surface area is 80.2 Å². The molecule has 1 aromatic heterocycles. The van der Waals surface area contributed by atoms with Crippen molar-refractivity contribution in [3.8, 4) is 0 Å². The van der Waals surface area contributed by atoms with E-state index in [1.807, 2.05) is 6.92 Å². The Hall–Kier alpha value is -1.13. The fourth-order valence-corrected chi connectivity index (χ4v) is 1.14. The third-order valence-corrected chi connectivity index (χ3v) is 1.67. The van der Waals surface area contributed by atoms with E-state index in [0.717, 1.165) is 6.42 Å². The van der Waals surface area contributed by atoms with Gasteiger partial charge in [0.05, 0.1) is 0 Å². The van der Waals surface area contributed by atoms with Crippen LogP contribution >= 0.6 is 0 Å². The molecular formula is C9H11F3N2. The molecule has 0 N–H and O–H groups in total. The molecule has 2 nitrogen and oxygen atoms in total. The van der Waals surface area contributed by atoms with Crippen molar-refractivity contribution in [3.63, 3.8) is 0 Å². The molecule has 0 atom stereocenters. The van der Waals surface area contributed by atoms with Crippen molar-refractivity contribution < 1.29 is 13.2 Å². The van der Waals surface area contributed by atoms with E-state index in [1.54, 1.807) is 6.07 Å². The molecule has 0 aromatic carbocycles. The number of nitrogens with zero attached hydrogens (tertiary/aromatic N) is 2. The molecule has 0 aliphatic heterocycles. The molecule has 0 fully saturated rings. The van der Waals surface area contributed by atoms with Crippen LogP contribution in [0.15, 0.2) is 6.07 Å². The highest BCUT2D eigenvalue weighted by Gasteiger charge is 2.34. The first kappa shape index (κ1) is 10.9. The molecule has 14 heavy (non-hydrogen) atoms. The Morgan fingerprint density at radius 1 is 1.29 bits per heavy atom. The van der Waals surface area contributed by atoms with Gasteiger partial charge in [0.2, 0.25) is 5.82 Å². The Kier molecular flexibility index (Phi) is 3.08. The van der Waals surface area contributed by atoms with E-state index in [4.69, 9.17) is 0 Å². The molecule has 0 saturated heterocycles. The number of hydrogen-bond donors (Lipinski definition) is 0. The summed E-state index contributed by atoms with van der Waals surface area (Å²) in [4.78, 5) is 6.81. The molecule has 0 aliphatic carbocycles. The fraction of sp³-hybridized carbons (Fsp3) is 0.556. The summed E-state index contributed by atoms with van der Waals surface area (Å²) < 4.78 is 36.8. The summed E-state index contributed by atoms with van der Waals surface area (Å²) in [7, 11) is 0. The molecule has 0 bridgehead atoms. The highest BCUT2D eigenvalue weighted by Crippen LogP contribution is 2.26. The average molecular weight is 204 g/mol. The Morgan fingerprint density at radius 2 is 1.93 bits per heavy atom.